The third-order valence-corrected chi connectivity index (χ3v) is 4.46. The zero-order chi connectivity index (χ0) is 16.9. The summed E-state index contributed by atoms with van der Waals surface area (Å²) in [4.78, 5) is 17.6. The molecule has 1 aliphatic rings. The van der Waals surface area contributed by atoms with Crippen molar-refractivity contribution in [2.75, 3.05) is 37.4 Å². The molecule has 3 heterocycles. The molecule has 0 saturated carbocycles. The van der Waals surface area contributed by atoms with E-state index in [0.29, 0.717) is 6.04 Å². The molecular weight excluding hydrogens is 300 g/mol. The van der Waals surface area contributed by atoms with E-state index in [-0.39, 0.29) is 0 Å². The van der Waals surface area contributed by atoms with Crippen LogP contribution in [0.5, 0.6) is 0 Å². The molecule has 1 N–H and O–H groups in total. The van der Waals surface area contributed by atoms with Gasteiger partial charge < -0.3 is 10.2 Å². The summed E-state index contributed by atoms with van der Waals surface area (Å²) >= 11 is 0. The first kappa shape index (κ1) is 16.6. The number of hydrogen-bond acceptors (Lipinski definition) is 6. The Labute approximate surface area is 143 Å². The Kier molecular flexibility index (Phi) is 5.25. The second-order valence-corrected chi connectivity index (χ2v) is 6.64. The zero-order valence-corrected chi connectivity index (χ0v) is 14.7. The fourth-order valence-corrected chi connectivity index (χ4v) is 3.09. The smallest absolute Gasteiger partial charge is 0.133 e. The minimum absolute atomic E-state index is 0.410. The first-order chi connectivity index (χ1) is 11.6. The predicted molar refractivity (Wildman–Crippen MR) is 97.3 cm³/mol. The van der Waals surface area contributed by atoms with E-state index < -0.39 is 0 Å². The maximum Gasteiger partial charge on any atom is 0.133 e. The van der Waals surface area contributed by atoms with E-state index >= 15 is 0 Å². The highest BCUT2D eigenvalue weighted by Crippen LogP contribution is 2.19. The van der Waals surface area contributed by atoms with Crippen molar-refractivity contribution < 1.29 is 0 Å². The normalized spacial score (nSPS) is 18.4. The molecular formula is C18H26N6. The fourth-order valence-electron chi connectivity index (χ4n) is 3.09. The molecule has 1 unspecified atom stereocenters. The van der Waals surface area contributed by atoms with Crippen molar-refractivity contribution in [3.63, 3.8) is 0 Å². The lowest BCUT2D eigenvalue weighted by Gasteiger charge is -2.33. The molecule has 1 aliphatic heterocycles. The molecule has 24 heavy (non-hydrogen) atoms. The topological polar surface area (TPSA) is 57.2 Å². The molecule has 1 fully saturated rings. The first-order valence-corrected chi connectivity index (χ1v) is 8.50. The zero-order valence-electron chi connectivity index (χ0n) is 14.7. The van der Waals surface area contributed by atoms with E-state index in [1.165, 1.54) is 24.1 Å². The molecule has 0 amide bonds. The lowest BCUT2D eigenvalue weighted by Crippen LogP contribution is -2.42. The summed E-state index contributed by atoms with van der Waals surface area (Å²) < 4.78 is 0. The van der Waals surface area contributed by atoms with E-state index in [1.54, 1.807) is 6.33 Å². The largest absolute Gasteiger partial charge is 0.366 e. The van der Waals surface area contributed by atoms with Crippen LogP contribution in [-0.2, 0) is 6.54 Å². The highest BCUT2D eigenvalue weighted by molar-refractivity contribution is 5.47. The molecule has 6 heteroatoms. The van der Waals surface area contributed by atoms with Gasteiger partial charge in [-0.3, -0.25) is 9.88 Å². The molecule has 0 aromatic carbocycles. The summed E-state index contributed by atoms with van der Waals surface area (Å²) in [5.41, 5.74) is 2.44. The van der Waals surface area contributed by atoms with Crippen LogP contribution in [-0.4, -0.2) is 53.1 Å². The molecule has 2 aromatic heterocycles. The van der Waals surface area contributed by atoms with Crippen LogP contribution in [0.4, 0.5) is 11.6 Å². The molecule has 0 bridgehead atoms. The van der Waals surface area contributed by atoms with Gasteiger partial charge in [0.1, 0.15) is 18.0 Å². The Morgan fingerprint density at radius 2 is 2.17 bits per heavy atom. The lowest BCUT2D eigenvalue weighted by molar-refractivity contribution is 0.206. The number of anilines is 2. The number of likely N-dealkylation sites (tertiary alicyclic amines) is 1. The molecule has 128 valence electrons. The second-order valence-electron chi connectivity index (χ2n) is 6.64. The summed E-state index contributed by atoms with van der Waals surface area (Å²) in [6.45, 7) is 5.18. The summed E-state index contributed by atoms with van der Waals surface area (Å²) in [5, 5.41) is 3.57. The van der Waals surface area contributed by atoms with Gasteiger partial charge in [-0.1, -0.05) is 6.07 Å². The number of nitrogens with one attached hydrogen (secondary N) is 1. The van der Waals surface area contributed by atoms with Gasteiger partial charge in [0.2, 0.25) is 0 Å². The fraction of sp³-hybridized carbons (Fsp3) is 0.500. The van der Waals surface area contributed by atoms with E-state index in [9.17, 15) is 0 Å². The minimum Gasteiger partial charge on any atom is -0.366 e. The van der Waals surface area contributed by atoms with Crippen LogP contribution in [0.2, 0.25) is 0 Å². The number of nitrogens with zero attached hydrogens (tertiary/aromatic N) is 5. The number of pyridine rings is 1. The van der Waals surface area contributed by atoms with Gasteiger partial charge in [-0.25, -0.2) is 9.97 Å². The van der Waals surface area contributed by atoms with E-state index in [4.69, 9.17) is 0 Å². The molecule has 3 rings (SSSR count). The Morgan fingerprint density at radius 1 is 1.29 bits per heavy atom. The average molecular weight is 326 g/mol. The van der Waals surface area contributed by atoms with Crippen molar-refractivity contribution in [1.82, 2.24) is 19.9 Å². The highest BCUT2D eigenvalue weighted by atomic mass is 15.2. The van der Waals surface area contributed by atoms with Crippen LogP contribution in [0, 0.1) is 6.92 Å². The lowest BCUT2D eigenvalue weighted by atomic mass is 10.0. The van der Waals surface area contributed by atoms with Crippen LogP contribution < -0.4 is 10.2 Å². The van der Waals surface area contributed by atoms with Gasteiger partial charge in [0.05, 0.1) is 5.69 Å². The van der Waals surface area contributed by atoms with Gasteiger partial charge in [-0.2, -0.15) is 0 Å². The van der Waals surface area contributed by atoms with Crippen molar-refractivity contribution in [2.24, 2.45) is 0 Å². The van der Waals surface area contributed by atoms with E-state index in [0.717, 1.165) is 31.3 Å². The molecule has 0 aliphatic carbocycles. The van der Waals surface area contributed by atoms with Crippen LogP contribution in [0.1, 0.15) is 24.1 Å². The number of hydrogen-bond donors (Lipinski definition) is 1. The quantitative estimate of drug-likeness (QED) is 0.910. The number of aryl methyl sites for hydroxylation is 1. The monoisotopic (exact) mass is 326 g/mol. The predicted octanol–water partition coefficient (Wildman–Crippen LogP) is 2.32. The number of aromatic nitrogens is 3. The second kappa shape index (κ2) is 7.57. The average Bonchev–Trinajstić information content (AvgIpc) is 2.57. The van der Waals surface area contributed by atoms with Crippen molar-refractivity contribution in [1.29, 1.82) is 0 Å². The van der Waals surface area contributed by atoms with Crippen LogP contribution >= 0.6 is 0 Å². The van der Waals surface area contributed by atoms with Crippen LogP contribution in [0.15, 0.2) is 30.7 Å². The third kappa shape index (κ3) is 4.20. The first-order valence-electron chi connectivity index (χ1n) is 8.50. The van der Waals surface area contributed by atoms with Crippen LogP contribution in [0.3, 0.4) is 0 Å². The van der Waals surface area contributed by atoms with Gasteiger partial charge in [0, 0.05) is 45.5 Å². The molecule has 0 spiro atoms. The van der Waals surface area contributed by atoms with Crippen molar-refractivity contribution in [3.05, 3.63) is 42.0 Å². The molecule has 2 aromatic rings. The molecule has 0 radical (unpaired) electrons. The number of piperidine rings is 1. The maximum atomic E-state index is 4.52. The van der Waals surface area contributed by atoms with Gasteiger partial charge in [0.25, 0.3) is 0 Å². The molecule has 1 saturated heterocycles. The van der Waals surface area contributed by atoms with Gasteiger partial charge >= 0.3 is 0 Å². The Hall–Kier alpha value is -2.21. The SMILES string of the molecule is Cc1cccnc1CN1CCCC(Nc2cc(N(C)C)ncn2)C1. The summed E-state index contributed by atoms with van der Waals surface area (Å²) in [6, 6.07) is 6.54. The number of rotatable bonds is 5. The van der Waals surface area contributed by atoms with E-state index in [1.807, 2.05) is 37.3 Å². The third-order valence-electron chi connectivity index (χ3n) is 4.46. The van der Waals surface area contributed by atoms with Crippen LogP contribution in [0.25, 0.3) is 0 Å². The summed E-state index contributed by atoms with van der Waals surface area (Å²) in [7, 11) is 3.98. The van der Waals surface area contributed by atoms with Gasteiger partial charge in [-0.15, -0.1) is 0 Å². The standard InChI is InChI=1S/C18H26N6/c1-14-6-4-8-19-16(14)12-24-9-5-7-15(11-24)22-17-10-18(23(2)3)21-13-20-17/h4,6,8,10,13,15H,5,7,9,11-12H2,1-3H3,(H,20,21,22). The summed E-state index contributed by atoms with van der Waals surface area (Å²) in [5.74, 6) is 1.82. The Balaban J connectivity index is 1.61. The molecule has 6 nitrogen and oxygen atoms in total. The maximum absolute atomic E-state index is 4.52. The summed E-state index contributed by atoms with van der Waals surface area (Å²) in [6.07, 6.45) is 5.86. The van der Waals surface area contributed by atoms with Crippen molar-refractivity contribution in [3.8, 4) is 0 Å². The Bertz CT molecular complexity index is 672. The minimum atomic E-state index is 0.410. The van der Waals surface area contributed by atoms with Crippen molar-refractivity contribution in [2.45, 2.75) is 32.4 Å². The van der Waals surface area contributed by atoms with E-state index in [2.05, 4.69) is 38.2 Å². The molecule has 1 atom stereocenters. The Morgan fingerprint density at radius 3 is 2.96 bits per heavy atom. The highest BCUT2D eigenvalue weighted by Gasteiger charge is 2.21. The van der Waals surface area contributed by atoms with Crippen molar-refractivity contribution >= 4 is 11.6 Å². The van der Waals surface area contributed by atoms with Gasteiger partial charge in [-0.05, 0) is 37.9 Å². The van der Waals surface area contributed by atoms with Gasteiger partial charge in [0.15, 0.2) is 0 Å².